The van der Waals surface area contributed by atoms with Gasteiger partial charge in [-0.25, -0.2) is 4.68 Å². The summed E-state index contributed by atoms with van der Waals surface area (Å²) in [7, 11) is 0. The van der Waals surface area contributed by atoms with Gasteiger partial charge in [0.2, 0.25) is 5.16 Å². The molecule has 0 amide bonds. The van der Waals surface area contributed by atoms with Gasteiger partial charge in [0, 0.05) is 11.8 Å². The first-order valence-electron chi connectivity index (χ1n) is 7.53. The Balaban J connectivity index is 1.54. The predicted molar refractivity (Wildman–Crippen MR) is 92.7 cm³/mol. The van der Waals surface area contributed by atoms with E-state index >= 15 is 0 Å². The highest BCUT2D eigenvalue weighted by atomic mass is 32.2. The van der Waals surface area contributed by atoms with Crippen molar-refractivity contribution in [2.24, 2.45) is 0 Å². The maximum Gasteiger partial charge on any atom is 0.310 e. The fourth-order valence-electron chi connectivity index (χ4n) is 2.17. The van der Waals surface area contributed by atoms with Crippen LogP contribution in [0.25, 0.3) is 0 Å². The van der Waals surface area contributed by atoms with Crippen molar-refractivity contribution in [1.29, 1.82) is 0 Å². The van der Waals surface area contributed by atoms with Crippen LogP contribution in [0.1, 0.15) is 5.56 Å². The zero-order chi connectivity index (χ0) is 17.5. The summed E-state index contributed by atoms with van der Waals surface area (Å²) < 4.78 is 7.23. The SMILES string of the molecule is O=[N+]([O-])c1ccccc1OCCSc1nnnn1Cc1ccccc1. The highest BCUT2D eigenvalue weighted by molar-refractivity contribution is 7.99. The highest BCUT2D eigenvalue weighted by Crippen LogP contribution is 2.26. The summed E-state index contributed by atoms with van der Waals surface area (Å²) in [5.41, 5.74) is 1.06. The second-order valence-corrected chi connectivity index (χ2v) is 6.09. The van der Waals surface area contributed by atoms with E-state index < -0.39 is 4.92 Å². The van der Waals surface area contributed by atoms with Crippen molar-refractivity contribution in [3.05, 3.63) is 70.3 Å². The zero-order valence-corrected chi connectivity index (χ0v) is 14.0. The molecule has 0 fully saturated rings. The Morgan fingerprint density at radius 3 is 2.68 bits per heavy atom. The van der Waals surface area contributed by atoms with Gasteiger partial charge in [-0.2, -0.15) is 0 Å². The third kappa shape index (κ3) is 4.54. The molecule has 3 aromatic rings. The fourth-order valence-corrected chi connectivity index (χ4v) is 2.86. The Morgan fingerprint density at radius 1 is 1.12 bits per heavy atom. The summed E-state index contributed by atoms with van der Waals surface area (Å²) in [6, 6.07) is 16.2. The van der Waals surface area contributed by atoms with Crippen molar-refractivity contribution in [2.75, 3.05) is 12.4 Å². The largest absolute Gasteiger partial charge is 0.486 e. The molecule has 0 saturated heterocycles. The third-order valence-electron chi connectivity index (χ3n) is 3.31. The molecular formula is C16H15N5O3S. The average molecular weight is 357 g/mol. The minimum Gasteiger partial charge on any atom is -0.486 e. The first-order valence-corrected chi connectivity index (χ1v) is 8.51. The van der Waals surface area contributed by atoms with E-state index in [2.05, 4.69) is 15.5 Å². The van der Waals surface area contributed by atoms with Gasteiger partial charge in [0.15, 0.2) is 5.75 Å². The standard InChI is InChI=1S/C16H15N5O3S/c22-21(23)14-8-4-5-9-15(14)24-10-11-25-16-17-18-19-20(16)12-13-6-2-1-3-7-13/h1-9H,10-12H2. The number of para-hydroxylation sites is 2. The monoisotopic (exact) mass is 357 g/mol. The number of ether oxygens (including phenoxy) is 1. The fraction of sp³-hybridized carbons (Fsp3) is 0.188. The minimum absolute atomic E-state index is 0.0404. The van der Waals surface area contributed by atoms with Crippen LogP contribution < -0.4 is 4.74 Å². The molecule has 0 radical (unpaired) electrons. The Morgan fingerprint density at radius 2 is 1.88 bits per heavy atom. The van der Waals surface area contributed by atoms with Gasteiger partial charge in [-0.3, -0.25) is 10.1 Å². The summed E-state index contributed by atoms with van der Waals surface area (Å²) in [5, 5.41) is 23.3. The van der Waals surface area contributed by atoms with Crippen LogP contribution in [-0.2, 0) is 6.54 Å². The quantitative estimate of drug-likeness (QED) is 0.265. The number of aromatic nitrogens is 4. The molecule has 2 aromatic carbocycles. The molecule has 8 nitrogen and oxygen atoms in total. The number of nitrogens with zero attached hydrogens (tertiary/aromatic N) is 5. The van der Waals surface area contributed by atoms with E-state index in [0.717, 1.165) is 5.56 Å². The van der Waals surface area contributed by atoms with E-state index in [-0.39, 0.29) is 11.4 Å². The Labute approximate surface area is 148 Å². The van der Waals surface area contributed by atoms with Gasteiger partial charge in [0.25, 0.3) is 0 Å². The molecule has 0 bridgehead atoms. The number of hydrogen-bond donors (Lipinski definition) is 0. The number of hydrogen-bond acceptors (Lipinski definition) is 7. The maximum absolute atomic E-state index is 10.9. The summed E-state index contributed by atoms with van der Waals surface area (Å²) >= 11 is 1.44. The molecule has 0 N–H and O–H groups in total. The first kappa shape index (κ1) is 16.9. The number of thioether (sulfide) groups is 1. The molecule has 0 aliphatic rings. The molecule has 0 spiro atoms. The topological polar surface area (TPSA) is 96.0 Å². The Bertz CT molecular complexity index is 841. The van der Waals surface area contributed by atoms with Crippen LogP contribution in [0.4, 0.5) is 5.69 Å². The van der Waals surface area contributed by atoms with Gasteiger partial charge in [-0.05, 0) is 22.1 Å². The summed E-state index contributed by atoms with van der Waals surface area (Å²) in [6.07, 6.45) is 0. The van der Waals surface area contributed by atoms with Crippen LogP contribution >= 0.6 is 11.8 Å². The molecule has 0 saturated carbocycles. The van der Waals surface area contributed by atoms with Crippen molar-refractivity contribution >= 4 is 17.4 Å². The predicted octanol–water partition coefficient (Wildman–Crippen LogP) is 2.80. The van der Waals surface area contributed by atoms with Crippen LogP contribution in [0.3, 0.4) is 0 Å². The second-order valence-electron chi connectivity index (χ2n) is 5.03. The van der Waals surface area contributed by atoms with Crippen LogP contribution in [0.2, 0.25) is 0 Å². The lowest BCUT2D eigenvalue weighted by Crippen LogP contribution is -2.06. The van der Waals surface area contributed by atoms with Gasteiger partial charge < -0.3 is 4.74 Å². The molecule has 9 heteroatoms. The lowest BCUT2D eigenvalue weighted by molar-refractivity contribution is -0.385. The van der Waals surface area contributed by atoms with Crippen molar-refractivity contribution in [3.63, 3.8) is 0 Å². The molecule has 3 rings (SSSR count). The van der Waals surface area contributed by atoms with Crippen molar-refractivity contribution in [1.82, 2.24) is 20.2 Å². The lowest BCUT2D eigenvalue weighted by atomic mass is 10.2. The molecule has 0 unspecified atom stereocenters. The molecule has 0 aliphatic heterocycles. The molecule has 0 aliphatic carbocycles. The normalized spacial score (nSPS) is 10.6. The van der Waals surface area contributed by atoms with Gasteiger partial charge in [-0.15, -0.1) is 5.10 Å². The van der Waals surface area contributed by atoms with Crippen molar-refractivity contribution in [3.8, 4) is 5.75 Å². The third-order valence-corrected chi connectivity index (χ3v) is 4.23. The molecule has 128 valence electrons. The second kappa shape index (κ2) is 8.25. The zero-order valence-electron chi connectivity index (χ0n) is 13.2. The van der Waals surface area contributed by atoms with E-state index in [1.807, 2.05) is 30.3 Å². The average Bonchev–Trinajstić information content (AvgIpc) is 3.07. The summed E-state index contributed by atoms with van der Waals surface area (Å²) in [4.78, 5) is 10.5. The van der Waals surface area contributed by atoms with Gasteiger partial charge in [0.05, 0.1) is 18.1 Å². The smallest absolute Gasteiger partial charge is 0.310 e. The molecule has 1 heterocycles. The first-order chi connectivity index (χ1) is 12.2. The van der Waals surface area contributed by atoms with Crippen LogP contribution in [-0.4, -0.2) is 37.5 Å². The lowest BCUT2D eigenvalue weighted by Gasteiger charge is -2.07. The van der Waals surface area contributed by atoms with Gasteiger partial charge in [0.1, 0.15) is 0 Å². The van der Waals surface area contributed by atoms with E-state index in [9.17, 15) is 10.1 Å². The van der Waals surface area contributed by atoms with Gasteiger partial charge in [-0.1, -0.05) is 54.2 Å². The van der Waals surface area contributed by atoms with Gasteiger partial charge >= 0.3 is 5.69 Å². The molecular weight excluding hydrogens is 342 g/mol. The Hall–Kier alpha value is -2.94. The summed E-state index contributed by atoms with van der Waals surface area (Å²) in [6.45, 7) is 0.898. The maximum atomic E-state index is 10.9. The molecule has 0 atom stereocenters. The summed E-state index contributed by atoms with van der Waals surface area (Å²) in [5.74, 6) is 0.832. The van der Waals surface area contributed by atoms with E-state index in [1.165, 1.54) is 17.8 Å². The number of benzene rings is 2. The van der Waals surface area contributed by atoms with Crippen LogP contribution in [0.5, 0.6) is 5.75 Å². The minimum atomic E-state index is -0.455. The molecule has 1 aromatic heterocycles. The van der Waals surface area contributed by atoms with Crippen molar-refractivity contribution in [2.45, 2.75) is 11.7 Å². The van der Waals surface area contributed by atoms with Crippen molar-refractivity contribution < 1.29 is 9.66 Å². The number of rotatable bonds is 8. The number of tetrazole rings is 1. The number of nitro groups is 1. The Kier molecular flexibility index (Phi) is 5.57. The highest BCUT2D eigenvalue weighted by Gasteiger charge is 2.13. The number of nitro benzene ring substituents is 1. The van der Waals surface area contributed by atoms with E-state index in [0.29, 0.717) is 24.1 Å². The van der Waals surface area contributed by atoms with E-state index in [1.54, 1.807) is 22.9 Å². The van der Waals surface area contributed by atoms with Crippen LogP contribution in [0, 0.1) is 10.1 Å². The molecule has 25 heavy (non-hydrogen) atoms. The van der Waals surface area contributed by atoms with E-state index in [4.69, 9.17) is 4.74 Å². The van der Waals surface area contributed by atoms with Crippen LogP contribution in [0.15, 0.2) is 59.8 Å².